The van der Waals surface area contributed by atoms with Crippen molar-refractivity contribution in [1.29, 1.82) is 0 Å². The van der Waals surface area contributed by atoms with Crippen LogP contribution >= 0.6 is 11.6 Å². The molecule has 0 radical (unpaired) electrons. The van der Waals surface area contributed by atoms with Crippen molar-refractivity contribution in [2.24, 2.45) is 4.99 Å². The topological polar surface area (TPSA) is 54.6 Å². The minimum Gasteiger partial charge on any atom is -0.494 e. The molecule has 128 valence electrons. The summed E-state index contributed by atoms with van der Waals surface area (Å²) in [6.45, 7) is 2.77. The van der Waals surface area contributed by atoms with Gasteiger partial charge >= 0.3 is 0 Å². The zero-order valence-corrected chi connectivity index (χ0v) is 14.7. The Labute approximate surface area is 151 Å². The van der Waals surface area contributed by atoms with E-state index in [9.17, 15) is 9.90 Å². The van der Waals surface area contributed by atoms with Crippen LogP contribution in [-0.4, -0.2) is 22.4 Å². The van der Waals surface area contributed by atoms with Crippen LogP contribution in [-0.2, 0) is 0 Å². The average Bonchev–Trinajstić information content (AvgIpc) is 2.63. The van der Waals surface area contributed by atoms with E-state index in [-0.39, 0.29) is 11.4 Å². The Balaban J connectivity index is 2.30. The van der Waals surface area contributed by atoms with Gasteiger partial charge in [0.05, 0.1) is 16.3 Å². The minimum absolute atomic E-state index is 0.156. The van der Waals surface area contributed by atoms with Crippen molar-refractivity contribution in [3.63, 3.8) is 0 Å². The molecule has 0 unspecified atom stereocenters. The number of hydrogen-bond acceptors (Lipinski definition) is 3. The summed E-state index contributed by atoms with van der Waals surface area (Å²) < 4.78 is 1.24. The number of benzene rings is 2. The number of aromatic hydroxyl groups is 1. The molecule has 0 aliphatic rings. The van der Waals surface area contributed by atoms with Crippen molar-refractivity contribution in [2.45, 2.75) is 19.8 Å². The quantitative estimate of drug-likeness (QED) is 0.539. The number of hydrogen-bond donors (Lipinski definition) is 1. The first-order valence-corrected chi connectivity index (χ1v) is 8.64. The van der Waals surface area contributed by atoms with Crippen LogP contribution in [0, 0.1) is 0 Å². The number of unbranched alkanes of at least 4 members (excludes halogenated alkanes) is 1. The third-order valence-electron chi connectivity index (χ3n) is 4.06. The van der Waals surface area contributed by atoms with Gasteiger partial charge in [-0.15, -0.1) is 0 Å². The maximum atomic E-state index is 12.9. The fourth-order valence-corrected chi connectivity index (χ4v) is 2.97. The lowest BCUT2D eigenvalue weighted by Gasteiger charge is -2.14. The molecule has 4 nitrogen and oxygen atoms in total. The van der Waals surface area contributed by atoms with Crippen LogP contribution in [0.25, 0.3) is 16.5 Å². The van der Waals surface area contributed by atoms with Crippen molar-refractivity contribution < 1.29 is 5.11 Å². The molecule has 3 rings (SSSR count). The van der Waals surface area contributed by atoms with Crippen molar-refractivity contribution in [2.75, 3.05) is 6.54 Å². The van der Waals surface area contributed by atoms with Gasteiger partial charge in [0.1, 0.15) is 0 Å². The molecular formula is C20H19ClN2O2. The number of rotatable bonds is 5. The third kappa shape index (κ3) is 3.30. The number of aromatic nitrogens is 1. The molecule has 0 saturated heterocycles. The number of aliphatic imine (C=N–C) groups is 1. The molecule has 1 aromatic heterocycles. The van der Waals surface area contributed by atoms with E-state index in [2.05, 4.69) is 11.9 Å². The summed E-state index contributed by atoms with van der Waals surface area (Å²) in [5, 5.41) is 12.4. The van der Waals surface area contributed by atoms with E-state index in [1.54, 1.807) is 42.6 Å². The van der Waals surface area contributed by atoms with Gasteiger partial charge in [-0.05, 0) is 24.6 Å². The second-order valence-electron chi connectivity index (χ2n) is 5.76. The van der Waals surface area contributed by atoms with E-state index in [4.69, 9.17) is 11.6 Å². The lowest BCUT2D eigenvalue weighted by atomic mass is 10.1. The highest BCUT2D eigenvalue weighted by Gasteiger charge is 2.17. The molecule has 0 atom stereocenters. The smallest absolute Gasteiger partial charge is 0.265 e. The van der Waals surface area contributed by atoms with Crippen LogP contribution in [0.2, 0.25) is 5.02 Å². The molecule has 0 bridgehead atoms. The zero-order valence-electron chi connectivity index (χ0n) is 13.9. The summed E-state index contributed by atoms with van der Waals surface area (Å²) in [4.78, 5) is 17.3. The molecule has 0 aliphatic carbocycles. The van der Waals surface area contributed by atoms with Crippen LogP contribution in [0.1, 0.15) is 25.3 Å². The van der Waals surface area contributed by atoms with Gasteiger partial charge in [0.15, 0.2) is 0 Å². The minimum atomic E-state index is -0.313. The van der Waals surface area contributed by atoms with E-state index in [1.807, 2.05) is 12.1 Å². The fourth-order valence-electron chi connectivity index (χ4n) is 2.75. The van der Waals surface area contributed by atoms with Crippen molar-refractivity contribution in [3.05, 3.63) is 69.5 Å². The van der Waals surface area contributed by atoms with E-state index in [1.165, 1.54) is 4.57 Å². The van der Waals surface area contributed by atoms with Crippen molar-refractivity contribution in [3.8, 4) is 11.6 Å². The fraction of sp³-hybridized carbons (Fsp3) is 0.200. The Bertz CT molecular complexity index is 993. The number of fused-ring (bicyclic) bond motifs is 1. The molecule has 2 aromatic carbocycles. The van der Waals surface area contributed by atoms with Crippen LogP contribution < -0.4 is 5.56 Å². The predicted molar refractivity (Wildman–Crippen MR) is 104 cm³/mol. The lowest BCUT2D eigenvalue weighted by Crippen LogP contribution is -2.20. The monoisotopic (exact) mass is 354 g/mol. The second kappa shape index (κ2) is 7.53. The third-order valence-corrected chi connectivity index (χ3v) is 4.38. The Hall–Kier alpha value is -2.59. The summed E-state index contributed by atoms with van der Waals surface area (Å²) in [5.74, 6) is -0.156. The molecule has 1 heterocycles. The number of para-hydroxylation sites is 1. The lowest BCUT2D eigenvalue weighted by molar-refractivity contribution is 0.436. The largest absolute Gasteiger partial charge is 0.494 e. The van der Waals surface area contributed by atoms with Crippen LogP contribution in [0.15, 0.2) is 58.3 Å². The SMILES string of the molecule is CCCCN=Cc1c(O)n(-c2ccccc2Cl)c(=O)c2ccccc12. The highest BCUT2D eigenvalue weighted by atomic mass is 35.5. The Morgan fingerprint density at radius 2 is 1.80 bits per heavy atom. The second-order valence-corrected chi connectivity index (χ2v) is 6.17. The van der Waals surface area contributed by atoms with Gasteiger partial charge < -0.3 is 5.11 Å². The summed E-state index contributed by atoms with van der Waals surface area (Å²) in [6, 6.07) is 14.1. The molecule has 0 spiro atoms. The van der Waals surface area contributed by atoms with Gasteiger partial charge in [-0.3, -0.25) is 9.79 Å². The molecule has 0 saturated carbocycles. The van der Waals surface area contributed by atoms with E-state index in [0.717, 1.165) is 12.8 Å². The van der Waals surface area contributed by atoms with Gasteiger partial charge in [0.2, 0.25) is 5.88 Å². The van der Waals surface area contributed by atoms with Gasteiger partial charge in [-0.25, -0.2) is 4.57 Å². The number of pyridine rings is 1. The normalized spacial score (nSPS) is 11.4. The van der Waals surface area contributed by atoms with Gasteiger partial charge in [-0.2, -0.15) is 0 Å². The molecule has 5 heteroatoms. The summed E-state index contributed by atoms with van der Waals surface area (Å²) in [6.07, 6.45) is 3.66. The van der Waals surface area contributed by atoms with E-state index >= 15 is 0 Å². The highest BCUT2D eigenvalue weighted by molar-refractivity contribution is 6.32. The van der Waals surface area contributed by atoms with Gasteiger partial charge in [0, 0.05) is 23.5 Å². The van der Waals surface area contributed by atoms with Crippen LogP contribution in [0.5, 0.6) is 5.88 Å². The van der Waals surface area contributed by atoms with Gasteiger partial charge in [-0.1, -0.05) is 55.3 Å². The van der Waals surface area contributed by atoms with Gasteiger partial charge in [0.25, 0.3) is 5.56 Å². The maximum absolute atomic E-state index is 12.9. The predicted octanol–water partition coefficient (Wildman–Crippen LogP) is 4.57. The Morgan fingerprint density at radius 3 is 2.52 bits per heavy atom. The average molecular weight is 355 g/mol. The molecule has 0 amide bonds. The first-order valence-electron chi connectivity index (χ1n) is 8.26. The van der Waals surface area contributed by atoms with Crippen LogP contribution in [0.3, 0.4) is 0 Å². The standard InChI is InChI=1S/C20H19ClN2O2/c1-2-3-12-22-13-16-14-8-4-5-9-15(14)19(24)23(20(16)25)18-11-7-6-10-17(18)21/h4-11,13,25H,2-3,12H2,1H3. The molecule has 0 fully saturated rings. The maximum Gasteiger partial charge on any atom is 0.265 e. The molecular weight excluding hydrogens is 336 g/mol. The first kappa shape index (κ1) is 17.2. The van der Waals surface area contributed by atoms with E-state index < -0.39 is 0 Å². The number of nitrogens with zero attached hydrogens (tertiary/aromatic N) is 2. The highest BCUT2D eigenvalue weighted by Crippen LogP contribution is 2.28. The van der Waals surface area contributed by atoms with Crippen molar-refractivity contribution >= 4 is 28.6 Å². The first-order chi connectivity index (χ1) is 12.1. The Kier molecular flexibility index (Phi) is 5.19. The number of halogens is 1. The molecule has 25 heavy (non-hydrogen) atoms. The molecule has 3 aromatic rings. The Morgan fingerprint density at radius 1 is 1.12 bits per heavy atom. The van der Waals surface area contributed by atoms with Crippen LogP contribution in [0.4, 0.5) is 0 Å². The summed E-state index contributed by atoms with van der Waals surface area (Å²) in [7, 11) is 0. The zero-order chi connectivity index (χ0) is 17.8. The van der Waals surface area contributed by atoms with E-state index in [0.29, 0.717) is 33.6 Å². The molecule has 1 N–H and O–H groups in total. The van der Waals surface area contributed by atoms with Crippen molar-refractivity contribution in [1.82, 2.24) is 4.57 Å². The summed E-state index contributed by atoms with van der Waals surface area (Å²) in [5.41, 5.74) is 0.652. The molecule has 0 aliphatic heterocycles. The summed E-state index contributed by atoms with van der Waals surface area (Å²) >= 11 is 6.25.